The van der Waals surface area contributed by atoms with Crippen molar-refractivity contribution < 1.29 is 14.5 Å². The van der Waals surface area contributed by atoms with Crippen molar-refractivity contribution in [2.24, 2.45) is 0 Å². The zero-order valence-corrected chi connectivity index (χ0v) is 17.7. The highest BCUT2D eigenvalue weighted by molar-refractivity contribution is 6.05. The third-order valence-corrected chi connectivity index (χ3v) is 4.61. The summed E-state index contributed by atoms with van der Waals surface area (Å²) >= 11 is 0. The molecule has 0 saturated carbocycles. The lowest BCUT2D eigenvalue weighted by Gasteiger charge is -2.12. The zero-order chi connectivity index (χ0) is 22.4. The van der Waals surface area contributed by atoms with Gasteiger partial charge in [0.25, 0.3) is 11.6 Å². The Balaban J connectivity index is 1.86. The number of aromatic nitrogens is 2. The van der Waals surface area contributed by atoms with E-state index in [1.54, 1.807) is 23.9 Å². The van der Waals surface area contributed by atoms with E-state index in [0.29, 0.717) is 24.7 Å². The van der Waals surface area contributed by atoms with Crippen LogP contribution in [0.2, 0.25) is 0 Å². The van der Waals surface area contributed by atoms with Crippen molar-refractivity contribution in [2.75, 3.05) is 30.9 Å². The SMILES string of the molecule is COCCNc1ccc(C(=O)Nc2cc(-c3ccccc3)nn2C(C)C)cc1[N+](=O)[O-]. The van der Waals surface area contributed by atoms with Gasteiger partial charge in [0.1, 0.15) is 11.5 Å². The number of carbonyl (C=O) groups is 1. The van der Waals surface area contributed by atoms with E-state index in [2.05, 4.69) is 15.7 Å². The third-order valence-electron chi connectivity index (χ3n) is 4.61. The number of methoxy groups -OCH3 is 1. The lowest BCUT2D eigenvalue weighted by Crippen LogP contribution is -2.17. The summed E-state index contributed by atoms with van der Waals surface area (Å²) in [6.45, 7) is 4.74. The zero-order valence-electron chi connectivity index (χ0n) is 17.7. The molecule has 0 bridgehead atoms. The van der Waals surface area contributed by atoms with Gasteiger partial charge in [-0.05, 0) is 26.0 Å². The number of nitro benzene ring substituents is 1. The van der Waals surface area contributed by atoms with Crippen molar-refractivity contribution in [3.05, 3.63) is 70.3 Å². The molecule has 1 heterocycles. The molecular weight excluding hydrogens is 398 g/mol. The fraction of sp³-hybridized carbons (Fsp3) is 0.273. The summed E-state index contributed by atoms with van der Waals surface area (Å²) in [4.78, 5) is 23.8. The average Bonchev–Trinajstić information content (AvgIpc) is 3.18. The maximum absolute atomic E-state index is 12.9. The van der Waals surface area contributed by atoms with Crippen LogP contribution < -0.4 is 10.6 Å². The molecule has 0 aliphatic rings. The van der Waals surface area contributed by atoms with Crippen LogP contribution in [0.3, 0.4) is 0 Å². The highest BCUT2D eigenvalue weighted by Crippen LogP contribution is 2.28. The Morgan fingerprint density at radius 3 is 2.58 bits per heavy atom. The molecule has 162 valence electrons. The fourth-order valence-electron chi connectivity index (χ4n) is 3.08. The topological polar surface area (TPSA) is 111 Å². The van der Waals surface area contributed by atoms with Crippen LogP contribution in [-0.4, -0.2) is 40.9 Å². The van der Waals surface area contributed by atoms with E-state index in [1.807, 2.05) is 44.2 Å². The molecule has 0 aliphatic carbocycles. The molecule has 0 spiro atoms. The Labute approximate surface area is 180 Å². The van der Waals surface area contributed by atoms with Gasteiger partial charge in [-0.1, -0.05) is 30.3 Å². The number of hydrogen-bond donors (Lipinski definition) is 2. The molecule has 1 aromatic heterocycles. The number of rotatable bonds is 9. The molecule has 31 heavy (non-hydrogen) atoms. The number of benzene rings is 2. The first-order valence-electron chi connectivity index (χ1n) is 9.88. The van der Waals surface area contributed by atoms with Crippen LogP contribution in [0.4, 0.5) is 17.2 Å². The van der Waals surface area contributed by atoms with Gasteiger partial charge >= 0.3 is 0 Å². The van der Waals surface area contributed by atoms with Crippen LogP contribution in [0.5, 0.6) is 0 Å². The summed E-state index contributed by atoms with van der Waals surface area (Å²) < 4.78 is 6.67. The Hall–Kier alpha value is -3.72. The van der Waals surface area contributed by atoms with Gasteiger partial charge in [0.15, 0.2) is 0 Å². The standard InChI is InChI=1S/C22H25N5O4/c1-15(2)26-21(14-19(25-26)16-7-5-4-6-8-16)24-22(28)17-9-10-18(23-11-12-31-3)20(13-17)27(29)30/h4-10,13-15,23H,11-12H2,1-3H3,(H,24,28). The van der Waals surface area contributed by atoms with Gasteiger partial charge in [-0.25, -0.2) is 4.68 Å². The van der Waals surface area contributed by atoms with Crippen LogP contribution in [0, 0.1) is 10.1 Å². The lowest BCUT2D eigenvalue weighted by atomic mass is 10.1. The number of nitrogens with one attached hydrogen (secondary N) is 2. The number of nitrogens with zero attached hydrogens (tertiary/aromatic N) is 3. The van der Waals surface area contributed by atoms with Gasteiger partial charge in [0, 0.05) is 43.0 Å². The van der Waals surface area contributed by atoms with E-state index < -0.39 is 10.8 Å². The highest BCUT2D eigenvalue weighted by atomic mass is 16.6. The molecule has 0 atom stereocenters. The van der Waals surface area contributed by atoms with E-state index in [4.69, 9.17) is 4.74 Å². The summed E-state index contributed by atoms with van der Waals surface area (Å²) in [5.74, 6) is 0.0664. The second-order valence-electron chi connectivity index (χ2n) is 7.18. The third kappa shape index (κ3) is 5.26. The largest absolute Gasteiger partial charge is 0.383 e. The first-order valence-corrected chi connectivity index (χ1v) is 9.88. The Bertz CT molecular complexity index is 1060. The minimum Gasteiger partial charge on any atom is -0.383 e. The number of carbonyl (C=O) groups excluding carboxylic acids is 1. The van der Waals surface area contributed by atoms with Gasteiger partial charge in [0.05, 0.1) is 17.2 Å². The van der Waals surface area contributed by atoms with Gasteiger partial charge < -0.3 is 15.4 Å². The van der Waals surface area contributed by atoms with Crippen molar-refractivity contribution in [1.82, 2.24) is 9.78 Å². The maximum atomic E-state index is 12.9. The normalized spacial score (nSPS) is 10.8. The number of anilines is 2. The molecule has 0 unspecified atom stereocenters. The predicted molar refractivity (Wildman–Crippen MR) is 119 cm³/mol. The molecule has 3 rings (SSSR count). The summed E-state index contributed by atoms with van der Waals surface area (Å²) in [6, 6.07) is 15.8. The van der Waals surface area contributed by atoms with Crippen LogP contribution in [0.25, 0.3) is 11.3 Å². The molecule has 0 aliphatic heterocycles. The second kappa shape index (κ2) is 9.86. The Kier molecular flexibility index (Phi) is 6.99. The minimum atomic E-state index is -0.516. The van der Waals surface area contributed by atoms with Crippen LogP contribution >= 0.6 is 0 Å². The molecule has 2 N–H and O–H groups in total. The maximum Gasteiger partial charge on any atom is 0.293 e. The minimum absolute atomic E-state index is 0.00876. The molecule has 0 fully saturated rings. The van der Waals surface area contributed by atoms with Gasteiger partial charge in [0.2, 0.25) is 0 Å². The van der Waals surface area contributed by atoms with E-state index in [1.165, 1.54) is 12.1 Å². The van der Waals surface area contributed by atoms with Crippen LogP contribution in [0.1, 0.15) is 30.2 Å². The van der Waals surface area contributed by atoms with Crippen molar-refractivity contribution in [1.29, 1.82) is 0 Å². The van der Waals surface area contributed by atoms with E-state index in [0.717, 1.165) is 11.3 Å². The number of hydrogen-bond acceptors (Lipinski definition) is 6. The molecule has 3 aromatic rings. The first kappa shape index (κ1) is 22.0. The summed E-state index contributed by atoms with van der Waals surface area (Å²) in [7, 11) is 1.55. The smallest absolute Gasteiger partial charge is 0.293 e. The molecule has 9 heteroatoms. The molecular formula is C22H25N5O4. The Morgan fingerprint density at radius 1 is 1.19 bits per heavy atom. The molecule has 0 saturated heterocycles. The van der Waals surface area contributed by atoms with E-state index >= 15 is 0 Å². The van der Waals surface area contributed by atoms with Crippen LogP contribution in [0.15, 0.2) is 54.6 Å². The van der Waals surface area contributed by atoms with Gasteiger partial charge in [-0.2, -0.15) is 5.10 Å². The molecule has 9 nitrogen and oxygen atoms in total. The summed E-state index contributed by atoms with van der Waals surface area (Å²) in [5.41, 5.74) is 2.00. The van der Waals surface area contributed by atoms with Gasteiger partial charge in [-0.3, -0.25) is 14.9 Å². The molecule has 0 radical (unpaired) electrons. The van der Waals surface area contributed by atoms with Crippen molar-refractivity contribution in [2.45, 2.75) is 19.9 Å². The van der Waals surface area contributed by atoms with Gasteiger partial charge in [-0.15, -0.1) is 0 Å². The number of nitro groups is 1. The fourth-order valence-corrected chi connectivity index (χ4v) is 3.08. The lowest BCUT2D eigenvalue weighted by molar-refractivity contribution is -0.384. The molecule has 1 amide bonds. The van der Waals surface area contributed by atoms with Crippen molar-refractivity contribution >= 4 is 23.1 Å². The summed E-state index contributed by atoms with van der Waals surface area (Å²) in [5, 5.41) is 21.9. The molecule has 2 aromatic carbocycles. The highest BCUT2D eigenvalue weighted by Gasteiger charge is 2.20. The first-order chi connectivity index (χ1) is 14.9. The average molecular weight is 423 g/mol. The second-order valence-corrected chi connectivity index (χ2v) is 7.18. The van der Waals surface area contributed by atoms with Crippen molar-refractivity contribution in [3.63, 3.8) is 0 Å². The van der Waals surface area contributed by atoms with E-state index in [9.17, 15) is 14.9 Å². The quantitative estimate of drug-likeness (QED) is 0.301. The summed E-state index contributed by atoms with van der Waals surface area (Å²) in [6.07, 6.45) is 0. The van der Waals surface area contributed by atoms with E-state index in [-0.39, 0.29) is 17.3 Å². The predicted octanol–water partition coefficient (Wildman–Crippen LogP) is 4.35. The Morgan fingerprint density at radius 2 is 1.94 bits per heavy atom. The number of ether oxygens (including phenoxy) is 1. The number of amides is 1. The van der Waals surface area contributed by atoms with Crippen LogP contribution in [-0.2, 0) is 4.74 Å². The van der Waals surface area contributed by atoms with Crippen molar-refractivity contribution in [3.8, 4) is 11.3 Å². The monoisotopic (exact) mass is 423 g/mol.